The summed E-state index contributed by atoms with van der Waals surface area (Å²) in [5.74, 6) is 0.501. The zero-order chi connectivity index (χ0) is 18.1. The molecule has 7 heteroatoms. The number of aryl methyl sites for hydroxylation is 1. The lowest BCUT2D eigenvalue weighted by Crippen LogP contribution is -2.36. The number of nitrogens with one attached hydrogen (secondary N) is 1. The number of fused-ring (bicyclic) bond motifs is 2. The number of ether oxygens (including phenoxy) is 1. The number of para-hydroxylation sites is 1. The third-order valence-electron chi connectivity index (χ3n) is 4.72. The van der Waals surface area contributed by atoms with Crippen molar-refractivity contribution in [3.63, 3.8) is 0 Å². The second-order valence-electron chi connectivity index (χ2n) is 6.34. The fraction of sp³-hybridized carbons (Fsp3) is 0.368. The molecule has 26 heavy (non-hydrogen) atoms. The van der Waals surface area contributed by atoms with Crippen molar-refractivity contribution in [2.45, 2.75) is 24.2 Å². The van der Waals surface area contributed by atoms with Crippen molar-refractivity contribution >= 4 is 45.7 Å². The van der Waals surface area contributed by atoms with Crippen molar-refractivity contribution in [1.29, 1.82) is 0 Å². The van der Waals surface area contributed by atoms with Gasteiger partial charge in [-0.2, -0.15) is 0 Å². The largest absolute Gasteiger partial charge is 0.465 e. The van der Waals surface area contributed by atoms with Gasteiger partial charge < -0.3 is 15.0 Å². The Morgan fingerprint density at radius 1 is 1.27 bits per heavy atom. The monoisotopic (exact) mass is 388 g/mol. The van der Waals surface area contributed by atoms with Gasteiger partial charge in [-0.1, -0.05) is 12.1 Å². The molecule has 0 saturated heterocycles. The standard InChI is InChI=1S/C19H20N2O3S2/c1-24-19(23)17-12-5-4-8-14(12)26-18(17)20-16(22)11-21-9-10-25-15-7-3-2-6-13(15)21/h2-3,6-7H,4-5,8-11H2,1H3,(H,20,22). The van der Waals surface area contributed by atoms with Gasteiger partial charge in [-0.3, -0.25) is 4.79 Å². The SMILES string of the molecule is COC(=O)c1c(NC(=O)CN2CCSc3ccccc32)sc2c1CCC2. The number of methoxy groups -OCH3 is 1. The van der Waals surface area contributed by atoms with Crippen LogP contribution < -0.4 is 10.2 Å². The van der Waals surface area contributed by atoms with E-state index in [-0.39, 0.29) is 18.4 Å². The van der Waals surface area contributed by atoms with E-state index in [0.29, 0.717) is 10.6 Å². The average Bonchev–Trinajstić information content (AvgIpc) is 3.22. The van der Waals surface area contributed by atoms with E-state index in [1.165, 1.54) is 28.2 Å². The highest BCUT2D eigenvalue weighted by Gasteiger charge is 2.28. The highest BCUT2D eigenvalue weighted by atomic mass is 32.2. The van der Waals surface area contributed by atoms with Gasteiger partial charge in [0, 0.05) is 22.1 Å². The fourth-order valence-electron chi connectivity index (χ4n) is 3.54. The molecule has 0 atom stereocenters. The van der Waals surface area contributed by atoms with E-state index in [1.807, 2.05) is 30.0 Å². The van der Waals surface area contributed by atoms with Gasteiger partial charge in [0.15, 0.2) is 0 Å². The molecule has 2 aromatic rings. The van der Waals surface area contributed by atoms with E-state index < -0.39 is 0 Å². The minimum absolute atomic E-state index is 0.100. The Morgan fingerprint density at radius 2 is 2.12 bits per heavy atom. The Morgan fingerprint density at radius 3 is 2.96 bits per heavy atom. The quantitative estimate of drug-likeness (QED) is 0.812. The van der Waals surface area contributed by atoms with Crippen molar-refractivity contribution < 1.29 is 14.3 Å². The van der Waals surface area contributed by atoms with Crippen LogP contribution in [0.5, 0.6) is 0 Å². The smallest absolute Gasteiger partial charge is 0.341 e. The van der Waals surface area contributed by atoms with Gasteiger partial charge in [0.2, 0.25) is 5.91 Å². The number of hydrogen-bond acceptors (Lipinski definition) is 6. The number of hydrogen-bond donors (Lipinski definition) is 1. The van der Waals surface area contributed by atoms with Crippen LogP contribution in [-0.2, 0) is 22.4 Å². The molecule has 1 aliphatic heterocycles. The number of thioether (sulfide) groups is 1. The Labute approximate surface area is 160 Å². The van der Waals surface area contributed by atoms with Crippen LogP contribution in [0, 0.1) is 0 Å². The Bertz CT molecular complexity index is 862. The molecule has 0 spiro atoms. The van der Waals surface area contributed by atoms with Crippen molar-refractivity contribution in [2.24, 2.45) is 0 Å². The zero-order valence-electron chi connectivity index (χ0n) is 14.5. The van der Waals surface area contributed by atoms with Crippen LogP contribution in [0.1, 0.15) is 27.2 Å². The predicted octanol–water partition coefficient (Wildman–Crippen LogP) is 3.57. The van der Waals surface area contributed by atoms with Crippen molar-refractivity contribution in [2.75, 3.05) is 36.2 Å². The number of anilines is 2. The number of nitrogens with zero attached hydrogens (tertiary/aromatic N) is 1. The summed E-state index contributed by atoms with van der Waals surface area (Å²) in [7, 11) is 1.38. The maximum Gasteiger partial charge on any atom is 0.341 e. The summed E-state index contributed by atoms with van der Waals surface area (Å²) in [6.07, 6.45) is 2.90. The molecular formula is C19H20N2O3S2. The predicted molar refractivity (Wildman–Crippen MR) is 106 cm³/mol. The second-order valence-corrected chi connectivity index (χ2v) is 8.58. The molecule has 2 aliphatic rings. The van der Waals surface area contributed by atoms with Crippen molar-refractivity contribution in [1.82, 2.24) is 0 Å². The van der Waals surface area contributed by atoms with Crippen LogP contribution >= 0.6 is 23.1 Å². The van der Waals surface area contributed by atoms with E-state index in [9.17, 15) is 9.59 Å². The molecule has 2 heterocycles. The van der Waals surface area contributed by atoms with Gasteiger partial charge in [0.05, 0.1) is 24.9 Å². The maximum atomic E-state index is 12.7. The highest BCUT2D eigenvalue weighted by molar-refractivity contribution is 7.99. The molecule has 0 saturated carbocycles. The lowest BCUT2D eigenvalue weighted by atomic mass is 10.1. The molecule has 0 bridgehead atoms. The van der Waals surface area contributed by atoms with Crippen LogP contribution in [0.2, 0.25) is 0 Å². The summed E-state index contributed by atoms with van der Waals surface area (Å²) in [6.45, 7) is 1.11. The molecule has 0 radical (unpaired) electrons. The molecule has 0 fully saturated rings. The lowest BCUT2D eigenvalue weighted by molar-refractivity contribution is -0.115. The third kappa shape index (κ3) is 3.21. The fourth-order valence-corrected chi connectivity index (χ4v) is 5.89. The zero-order valence-corrected chi connectivity index (χ0v) is 16.2. The van der Waals surface area contributed by atoms with E-state index in [4.69, 9.17) is 4.74 Å². The summed E-state index contributed by atoms with van der Waals surface area (Å²) in [4.78, 5) is 29.4. The summed E-state index contributed by atoms with van der Waals surface area (Å²) < 4.78 is 4.94. The van der Waals surface area contributed by atoms with Crippen LogP contribution in [0.4, 0.5) is 10.7 Å². The van der Waals surface area contributed by atoms with E-state index in [2.05, 4.69) is 16.3 Å². The Balaban J connectivity index is 1.52. The van der Waals surface area contributed by atoms with Gasteiger partial charge in [-0.15, -0.1) is 23.1 Å². The normalized spacial score (nSPS) is 15.3. The van der Waals surface area contributed by atoms with Gasteiger partial charge in [-0.25, -0.2) is 4.79 Å². The van der Waals surface area contributed by atoms with Crippen molar-refractivity contribution in [3.8, 4) is 0 Å². The average molecular weight is 389 g/mol. The molecule has 1 aliphatic carbocycles. The minimum Gasteiger partial charge on any atom is -0.465 e. The summed E-state index contributed by atoms with van der Waals surface area (Å²) in [6, 6.07) is 8.15. The molecule has 0 unspecified atom stereocenters. The van der Waals surface area contributed by atoms with Crippen LogP contribution in [0.3, 0.4) is 0 Å². The van der Waals surface area contributed by atoms with Crippen LogP contribution in [0.25, 0.3) is 0 Å². The van der Waals surface area contributed by atoms with Crippen LogP contribution in [-0.4, -0.2) is 37.8 Å². The topological polar surface area (TPSA) is 58.6 Å². The van der Waals surface area contributed by atoms with E-state index in [0.717, 1.165) is 42.8 Å². The number of benzene rings is 1. The summed E-state index contributed by atoms with van der Waals surface area (Å²) in [5, 5.41) is 3.59. The van der Waals surface area contributed by atoms with Gasteiger partial charge >= 0.3 is 5.97 Å². The first-order chi connectivity index (χ1) is 12.7. The summed E-state index contributed by atoms with van der Waals surface area (Å²) in [5.41, 5.74) is 2.70. The number of carbonyl (C=O) groups excluding carboxylic acids is 2. The lowest BCUT2D eigenvalue weighted by Gasteiger charge is -2.30. The molecule has 5 nitrogen and oxygen atoms in total. The molecule has 136 valence electrons. The molecule has 4 rings (SSSR count). The first-order valence-corrected chi connectivity index (χ1v) is 10.5. The summed E-state index contributed by atoms with van der Waals surface area (Å²) >= 11 is 3.33. The molecule has 1 amide bonds. The second kappa shape index (κ2) is 7.32. The minimum atomic E-state index is -0.362. The number of esters is 1. The highest BCUT2D eigenvalue weighted by Crippen LogP contribution is 2.39. The van der Waals surface area contributed by atoms with Crippen molar-refractivity contribution in [3.05, 3.63) is 40.3 Å². The van der Waals surface area contributed by atoms with E-state index >= 15 is 0 Å². The Kier molecular flexibility index (Phi) is 4.91. The molecule has 1 aromatic carbocycles. The van der Waals surface area contributed by atoms with Gasteiger partial charge in [0.25, 0.3) is 0 Å². The maximum absolute atomic E-state index is 12.7. The molecular weight excluding hydrogens is 368 g/mol. The first kappa shape index (κ1) is 17.4. The number of thiophene rings is 1. The van der Waals surface area contributed by atoms with E-state index in [1.54, 1.807) is 0 Å². The number of carbonyl (C=O) groups is 2. The first-order valence-electron chi connectivity index (χ1n) is 8.67. The van der Waals surface area contributed by atoms with Gasteiger partial charge in [0.1, 0.15) is 5.00 Å². The third-order valence-corrected chi connectivity index (χ3v) is 6.97. The molecule has 1 N–H and O–H groups in total. The van der Waals surface area contributed by atoms with Gasteiger partial charge in [-0.05, 0) is 37.0 Å². The Hall–Kier alpha value is -1.99. The number of rotatable bonds is 4. The van der Waals surface area contributed by atoms with Crippen LogP contribution in [0.15, 0.2) is 29.2 Å². The molecule has 1 aromatic heterocycles. The number of amides is 1.